The van der Waals surface area contributed by atoms with Crippen LogP contribution in [-0.4, -0.2) is 34.8 Å². The molecule has 0 aliphatic heterocycles. The molecule has 0 N–H and O–H groups in total. The number of hydrogen-bond acceptors (Lipinski definition) is 5. The lowest BCUT2D eigenvalue weighted by molar-refractivity contribution is -0.142. The topological polar surface area (TPSA) is 88.2 Å². The molecular weight excluding hydrogens is 490 g/mol. The minimum atomic E-state index is -0.768. The maximum absolute atomic E-state index is 13.5. The molecule has 4 rings (SSSR count). The molecular formula is C29H22F2N4O3. The molecule has 3 aromatic carbocycles. The van der Waals surface area contributed by atoms with Crippen molar-refractivity contribution in [1.29, 1.82) is 5.26 Å². The Morgan fingerprint density at radius 3 is 2.29 bits per heavy atom. The summed E-state index contributed by atoms with van der Waals surface area (Å²) in [6.45, 7) is -0.506. The van der Waals surface area contributed by atoms with Crippen molar-refractivity contribution >= 4 is 23.6 Å². The van der Waals surface area contributed by atoms with Crippen LogP contribution in [0.3, 0.4) is 0 Å². The zero-order valence-electron chi connectivity index (χ0n) is 20.1. The summed E-state index contributed by atoms with van der Waals surface area (Å²) in [5.41, 5.74) is 2.92. The third-order valence-electron chi connectivity index (χ3n) is 5.50. The lowest BCUT2D eigenvalue weighted by Crippen LogP contribution is -2.35. The van der Waals surface area contributed by atoms with Gasteiger partial charge in [0, 0.05) is 35.6 Å². The molecule has 9 heteroatoms. The summed E-state index contributed by atoms with van der Waals surface area (Å²) in [7, 11) is 0. The predicted octanol–water partition coefficient (Wildman–Crippen LogP) is 5.32. The number of benzene rings is 3. The van der Waals surface area contributed by atoms with Crippen molar-refractivity contribution in [3.8, 4) is 23.0 Å². The molecule has 1 amide bonds. The fourth-order valence-corrected chi connectivity index (χ4v) is 3.65. The van der Waals surface area contributed by atoms with Crippen LogP contribution in [0, 0.1) is 23.0 Å². The Balaban J connectivity index is 1.49. The van der Waals surface area contributed by atoms with E-state index in [9.17, 15) is 18.4 Å². The first-order valence-electron chi connectivity index (χ1n) is 11.6. The number of carbonyl (C=O) groups excluding carboxylic acids is 2. The largest absolute Gasteiger partial charge is 0.452 e. The molecule has 0 spiro atoms. The molecule has 7 nitrogen and oxygen atoms in total. The smallest absolute Gasteiger partial charge is 0.331 e. The standard InChI is InChI=1S/C29H22F2N4O3/c30-23-10-7-21(8-11-23)29-22(19-35(33-29)26-5-2-1-3-6-26)9-16-28(37)38-20-27(36)34(18-4-17-32)25-14-12-24(31)13-15-25/h1-3,5-16,19H,4,18,20H2/b16-9+. The first-order chi connectivity index (χ1) is 18.4. The number of nitrogens with zero attached hydrogens (tertiary/aromatic N) is 4. The number of carbonyl (C=O) groups is 2. The number of halogens is 2. The van der Waals surface area contributed by atoms with Crippen molar-refractivity contribution in [2.75, 3.05) is 18.1 Å². The summed E-state index contributed by atoms with van der Waals surface area (Å²) in [4.78, 5) is 26.4. The van der Waals surface area contributed by atoms with Gasteiger partial charge < -0.3 is 9.64 Å². The van der Waals surface area contributed by atoms with Crippen LogP contribution >= 0.6 is 0 Å². The lowest BCUT2D eigenvalue weighted by atomic mass is 10.1. The van der Waals surface area contributed by atoms with E-state index < -0.39 is 24.3 Å². The van der Waals surface area contributed by atoms with Crippen molar-refractivity contribution in [2.24, 2.45) is 0 Å². The molecule has 0 bridgehead atoms. The van der Waals surface area contributed by atoms with Crippen LogP contribution in [0.1, 0.15) is 12.0 Å². The maximum Gasteiger partial charge on any atom is 0.331 e. The van der Waals surface area contributed by atoms with Gasteiger partial charge in [-0.05, 0) is 66.7 Å². The van der Waals surface area contributed by atoms with E-state index in [1.165, 1.54) is 53.5 Å². The maximum atomic E-state index is 13.5. The SMILES string of the molecule is N#CCCN(C(=O)COC(=O)/C=C/c1cn(-c2ccccc2)nc1-c1ccc(F)cc1)c1ccc(F)cc1. The van der Waals surface area contributed by atoms with Crippen LogP contribution in [-0.2, 0) is 14.3 Å². The summed E-state index contributed by atoms with van der Waals surface area (Å²) in [5, 5.41) is 13.5. The van der Waals surface area contributed by atoms with E-state index in [2.05, 4.69) is 5.10 Å². The van der Waals surface area contributed by atoms with Gasteiger partial charge in [-0.2, -0.15) is 10.4 Å². The first-order valence-corrected chi connectivity index (χ1v) is 11.6. The van der Waals surface area contributed by atoms with Gasteiger partial charge in [0.1, 0.15) is 11.6 Å². The molecule has 0 atom stereocenters. The van der Waals surface area contributed by atoms with E-state index >= 15 is 0 Å². The third kappa shape index (κ3) is 6.56. The Labute approximate surface area is 217 Å². The van der Waals surface area contributed by atoms with Gasteiger partial charge in [0.25, 0.3) is 5.91 Å². The average Bonchev–Trinajstić information content (AvgIpc) is 3.37. The Bertz CT molecular complexity index is 1480. The number of rotatable bonds is 9. The highest BCUT2D eigenvalue weighted by Crippen LogP contribution is 2.25. The van der Waals surface area contributed by atoms with Crippen LogP contribution in [0.25, 0.3) is 23.0 Å². The van der Waals surface area contributed by atoms with Crippen LogP contribution in [0.2, 0.25) is 0 Å². The van der Waals surface area contributed by atoms with Crippen LogP contribution < -0.4 is 4.90 Å². The van der Waals surface area contributed by atoms with Crippen LogP contribution in [0.4, 0.5) is 14.5 Å². The van der Waals surface area contributed by atoms with E-state index in [1.54, 1.807) is 23.0 Å². The number of esters is 1. The van der Waals surface area contributed by atoms with E-state index in [0.717, 1.165) is 5.69 Å². The zero-order valence-corrected chi connectivity index (χ0v) is 20.1. The van der Waals surface area contributed by atoms with Crippen molar-refractivity contribution in [3.05, 3.63) is 108 Å². The number of aromatic nitrogens is 2. The molecule has 4 aromatic rings. The summed E-state index contributed by atoms with van der Waals surface area (Å²) in [6.07, 6.45) is 4.45. The molecule has 0 aliphatic carbocycles. The minimum absolute atomic E-state index is 0.0501. The zero-order chi connectivity index (χ0) is 26.9. The summed E-state index contributed by atoms with van der Waals surface area (Å²) in [5.74, 6) is -2.17. The molecule has 0 unspecified atom stereocenters. The molecule has 190 valence electrons. The van der Waals surface area contributed by atoms with Gasteiger partial charge in [-0.3, -0.25) is 4.79 Å². The third-order valence-corrected chi connectivity index (χ3v) is 5.50. The van der Waals surface area contributed by atoms with Gasteiger partial charge in [-0.15, -0.1) is 0 Å². The Morgan fingerprint density at radius 2 is 1.63 bits per heavy atom. The Morgan fingerprint density at radius 1 is 0.974 bits per heavy atom. The van der Waals surface area contributed by atoms with E-state index in [0.29, 0.717) is 22.5 Å². The summed E-state index contributed by atoms with van der Waals surface area (Å²) >= 11 is 0. The number of amides is 1. The Hall–Kier alpha value is -5.10. The van der Waals surface area contributed by atoms with Gasteiger partial charge in [0.15, 0.2) is 6.61 Å². The summed E-state index contributed by atoms with van der Waals surface area (Å²) < 4.78 is 33.5. The molecule has 0 saturated heterocycles. The average molecular weight is 513 g/mol. The van der Waals surface area contributed by atoms with Crippen LogP contribution in [0.5, 0.6) is 0 Å². The quantitative estimate of drug-likeness (QED) is 0.224. The van der Waals surface area contributed by atoms with Gasteiger partial charge in [0.05, 0.1) is 23.9 Å². The number of ether oxygens (including phenoxy) is 1. The molecule has 1 heterocycles. The monoisotopic (exact) mass is 512 g/mol. The molecule has 0 fully saturated rings. The van der Waals surface area contributed by atoms with Crippen molar-refractivity contribution in [3.63, 3.8) is 0 Å². The molecule has 0 saturated carbocycles. The van der Waals surface area contributed by atoms with Crippen molar-refractivity contribution < 1.29 is 23.1 Å². The summed E-state index contributed by atoms with van der Waals surface area (Å²) in [6, 6.07) is 22.4. The number of para-hydroxylation sites is 1. The van der Waals surface area contributed by atoms with Gasteiger partial charge in [-0.1, -0.05) is 18.2 Å². The highest BCUT2D eigenvalue weighted by Gasteiger charge is 2.17. The Kier molecular flexibility index (Phi) is 8.36. The van der Waals surface area contributed by atoms with Gasteiger partial charge in [-0.25, -0.2) is 18.3 Å². The normalized spacial score (nSPS) is 10.8. The van der Waals surface area contributed by atoms with Gasteiger partial charge >= 0.3 is 5.97 Å². The first kappa shape index (κ1) is 26.0. The van der Waals surface area contributed by atoms with E-state index in [1.807, 2.05) is 36.4 Å². The highest BCUT2D eigenvalue weighted by molar-refractivity contribution is 5.96. The fraction of sp³-hybridized carbons (Fsp3) is 0.103. The van der Waals surface area contributed by atoms with Crippen molar-refractivity contribution in [2.45, 2.75) is 6.42 Å². The molecule has 1 aromatic heterocycles. The molecule has 0 aliphatic rings. The lowest BCUT2D eigenvalue weighted by Gasteiger charge is -2.21. The molecule has 0 radical (unpaired) electrons. The predicted molar refractivity (Wildman–Crippen MR) is 138 cm³/mol. The van der Waals surface area contributed by atoms with Gasteiger partial charge in [0.2, 0.25) is 0 Å². The number of anilines is 1. The minimum Gasteiger partial charge on any atom is -0.452 e. The van der Waals surface area contributed by atoms with Crippen LogP contribution in [0.15, 0.2) is 91.1 Å². The van der Waals surface area contributed by atoms with E-state index in [-0.39, 0.29) is 18.8 Å². The van der Waals surface area contributed by atoms with Crippen molar-refractivity contribution in [1.82, 2.24) is 9.78 Å². The number of nitriles is 1. The highest BCUT2D eigenvalue weighted by atomic mass is 19.1. The second-order valence-corrected chi connectivity index (χ2v) is 8.09. The second-order valence-electron chi connectivity index (χ2n) is 8.09. The number of hydrogen-bond donors (Lipinski definition) is 0. The van der Waals surface area contributed by atoms with E-state index in [4.69, 9.17) is 10.00 Å². The second kappa shape index (κ2) is 12.2. The molecule has 38 heavy (non-hydrogen) atoms. The fourth-order valence-electron chi connectivity index (χ4n) is 3.65.